The molecule has 0 bridgehead atoms. The third kappa shape index (κ3) is 4.10. The summed E-state index contributed by atoms with van der Waals surface area (Å²) in [5.41, 5.74) is 2.53. The van der Waals surface area contributed by atoms with Gasteiger partial charge in [0, 0.05) is 58.0 Å². The summed E-state index contributed by atoms with van der Waals surface area (Å²) in [6.45, 7) is 3.37. The second-order valence-electron chi connectivity index (χ2n) is 6.39. The first-order chi connectivity index (χ1) is 12.1. The largest absolute Gasteiger partial charge is 0.367 e. The molecule has 4 rings (SSSR count). The predicted molar refractivity (Wildman–Crippen MR) is 106 cm³/mol. The smallest absolute Gasteiger partial charge is 0.268 e. The number of rotatable bonds is 2. The molecule has 0 radical (unpaired) electrons. The minimum absolute atomic E-state index is 0. The van der Waals surface area contributed by atoms with E-state index in [1.807, 2.05) is 4.90 Å². The van der Waals surface area contributed by atoms with Crippen LogP contribution < -0.4 is 15.8 Å². The Morgan fingerprint density at radius 2 is 1.96 bits per heavy atom. The van der Waals surface area contributed by atoms with Gasteiger partial charge >= 0.3 is 0 Å². The molecule has 1 atom stereocenters. The second kappa shape index (κ2) is 8.73. The van der Waals surface area contributed by atoms with Crippen molar-refractivity contribution in [3.63, 3.8) is 0 Å². The first-order valence-electron chi connectivity index (χ1n) is 8.46. The molecule has 2 aliphatic rings. The van der Waals surface area contributed by atoms with E-state index in [4.69, 9.17) is 0 Å². The van der Waals surface area contributed by atoms with Crippen molar-refractivity contribution in [2.24, 2.45) is 7.05 Å². The number of fused-ring (bicyclic) bond motifs is 1. The van der Waals surface area contributed by atoms with Crippen LogP contribution >= 0.6 is 24.8 Å². The molecule has 0 aliphatic carbocycles. The number of carbonyl (C=O) groups excluding carboxylic acids is 1. The number of halogens is 2. The molecular formula is C16H23Cl2N7O2. The van der Waals surface area contributed by atoms with Gasteiger partial charge in [-0.1, -0.05) is 0 Å². The number of nitrogens with one attached hydrogen (secondary N) is 2. The number of H-pyrrole nitrogens is 1. The molecule has 9 nitrogen and oxygen atoms in total. The Kier molecular flexibility index (Phi) is 6.85. The van der Waals surface area contributed by atoms with Crippen LogP contribution in [-0.2, 0) is 18.3 Å². The lowest BCUT2D eigenvalue weighted by Crippen LogP contribution is -2.52. The quantitative estimate of drug-likeness (QED) is 0.709. The highest BCUT2D eigenvalue weighted by Crippen LogP contribution is 2.22. The molecule has 11 heteroatoms. The van der Waals surface area contributed by atoms with Crippen molar-refractivity contribution in [3.8, 4) is 0 Å². The van der Waals surface area contributed by atoms with Gasteiger partial charge in [0.25, 0.3) is 5.56 Å². The normalized spacial score (nSPS) is 18.9. The van der Waals surface area contributed by atoms with Crippen LogP contribution in [0.1, 0.15) is 17.4 Å². The average molecular weight is 416 g/mol. The molecule has 2 aliphatic heterocycles. The highest BCUT2D eigenvalue weighted by Gasteiger charge is 2.33. The molecule has 2 aromatic heterocycles. The second-order valence-corrected chi connectivity index (χ2v) is 6.39. The van der Waals surface area contributed by atoms with Crippen LogP contribution in [0.2, 0.25) is 0 Å². The van der Waals surface area contributed by atoms with E-state index < -0.39 is 0 Å². The number of imidazole rings is 1. The lowest BCUT2D eigenvalue weighted by atomic mass is 10.0. The Hall–Kier alpha value is -2.10. The number of amides is 1. The van der Waals surface area contributed by atoms with E-state index in [9.17, 15) is 9.59 Å². The highest BCUT2D eigenvalue weighted by molar-refractivity contribution is 5.85. The van der Waals surface area contributed by atoms with E-state index in [-0.39, 0.29) is 42.3 Å². The van der Waals surface area contributed by atoms with E-state index in [1.54, 1.807) is 25.6 Å². The summed E-state index contributed by atoms with van der Waals surface area (Å²) >= 11 is 0. The minimum Gasteiger partial charge on any atom is -0.367 e. The maximum atomic E-state index is 12.9. The fourth-order valence-electron chi connectivity index (χ4n) is 3.42. The van der Waals surface area contributed by atoms with Crippen LogP contribution in [0.3, 0.4) is 0 Å². The average Bonchev–Trinajstić information content (AvgIpc) is 3.12. The number of piperazine rings is 1. The molecule has 1 saturated heterocycles. The fourth-order valence-corrected chi connectivity index (χ4v) is 3.42. The summed E-state index contributed by atoms with van der Waals surface area (Å²) in [5.74, 6) is 0.0646. The van der Waals surface area contributed by atoms with Crippen LogP contribution in [0.25, 0.3) is 0 Å². The van der Waals surface area contributed by atoms with Gasteiger partial charge in [0.2, 0.25) is 5.91 Å². The zero-order valence-corrected chi connectivity index (χ0v) is 16.6. The molecule has 2 aromatic rings. The predicted octanol–water partition coefficient (Wildman–Crippen LogP) is -0.117. The molecule has 0 spiro atoms. The fraction of sp³-hybridized carbons (Fsp3) is 0.500. The lowest BCUT2D eigenvalue weighted by Gasteiger charge is -2.37. The summed E-state index contributed by atoms with van der Waals surface area (Å²) in [4.78, 5) is 36.0. The number of aromatic nitrogens is 4. The molecule has 27 heavy (non-hydrogen) atoms. The molecule has 4 heterocycles. The monoisotopic (exact) mass is 415 g/mol. The number of hydrogen-bond donors (Lipinski definition) is 2. The SMILES string of the molecule is Cl.Cl.Cn1ncc(N2CCN(C(=O)C3NCCc4[nH]cnc43)CC2)cc1=O. The van der Waals surface area contributed by atoms with Gasteiger partial charge in [-0.3, -0.25) is 9.59 Å². The Labute approximate surface area is 169 Å². The maximum Gasteiger partial charge on any atom is 0.268 e. The van der Waals surface area contributed by atoms with Gasteiger partial charge in [-0.15, -0.1) is 24.8 Å². The van der Waals surface area contributed by atoms with E-state index in [1.165, 1.54) is 4.68 Å². The number of carbonyl (C=O) groups is 1. The van der Waals surface area contributed by atoms with E-state index >= 15 is 0 Å². The van der Waals surface area contributed by atoms with Crippen molar-refractivity contribution in [3.05, 3.63) is 40.3 Å². The van der Waals surface area contributed by atoms with Crippen molar-refractivity contribution in [1.29, 1.82) is 0 Å². The van der Waals surface area contributed by atoms with Gasteiger partial charge in [-0.05, 0) is 0 Å². The lowest BCUT2D eigenvalue weighted by molar-refractivity contribution is -0.134. The number of anilines is 1. The standard InChI is InChI=1S/C16H21N7O2.2ClH/c1-21-13(24)8-11(9-20-21)22-4-6-23(7-5-22)16(25)15-14-12(2-3-17-15)18-10-19-14;;/h8-10,15,17H,2-7H2,1H3,(H,18,19);2*1H. The first kappa shape index (κ1) is 21.2. The molecular weight excluding hydrogens is 393 g/mol. The van der Waals surface area contributed by atoms with Gasteiger partial charge in [0.05, 0.1) is 23.9 Å². The zero-order valence-electron chi connectivity index (χ0n) is 14.9. The molecule has 1 unspecified atom stereocenters. The third-order valence-electron chi connectivity index (χ3n) is 4.91. The maximum absolute atomic E-state index is 12.9. The number of aromatic amines is 1. The van der Waals surface area contributed by atoms with Crippen LogP contribution in [0.5, 0.6) is 0 Å². The Bertz CT molecular complexity index is 845. The van der Waals surface area contributed by atoms with Crippen LogP contribution in [0.4, 0.5) is 5.69 Å². The molecule has 2 N–H and O–H groups in total. The Balaban J connectivity index is 0.00000131. The number of aryl methyl sites for hydroxylation is 1. The van der Waals surface area contributed by atoms with Gasteiger partial charge in [-0.2, -0.15) is 5.10 Å². The molecule has 1 fully saturated rings. The van der Waals surface area contributed by atoms with Gasteiger partial charge in [0.15, 0.2) is 0 Å². The first-order valence-corrected chi connectivity index (χ1v) is 8.46. The van der Waals surface area contributed by atoms with Crippen molar-refractivity contribution >= 4 is 36.4 Å². The van der Waals surface area contributed by atoms with Gasteiger partial charge in [-0.25, -0.2) is 9.67 Å². The van der Waals surface area contributed by atoms with Gasteiger partial charge in [0.1, 0.15) is 6.04 Å². The molecule has 0 aromatic carbocycles. The van der Waals surface area contributed by atoms with Crippen molar-refractivity contribution in [2.75, 3.05) is 37.6 Å². The van der Waals surface area contributed by atoms with E-state index in [2.05, 4.69) is 25.3 Å². The molecule has 1 amide bonds. The van der Waals surface area contributed by atoms with Crippen LogP contribution in [0.15, 0.2) is 23.4 Å². The summed E-state index contributed by atoms with van der Waals surface area (Å²) < 4.78 is 1.31. The molecule has 148 valence electrons. The number of nitrogens with zero attached hydrogens (tertiary/aromatic N) is 5. The number of hydrogen-bond acceptors (Lipinski definition) is 6. The minimum atomic E-state index is -0.368. The van der Waals surface area contributed by atoms with Crippen LogP contribution in [-0.4, -0.2) is 63.3 Å². The van der Waals surface area contributed by atoms with Crippen molar-refractivity contribution in [1.82, 2.24) is 30.0 Å². The Morgan fingerprint density at radius 1 is 1.22 bits per heavy atom. The summed E-state index contributed by atoms with van der Waals surface area (Å²) in [6, 6.07) is 1.22. The van der Waals surface area contributed by atoms with Gasteiger partial charge < -0.3 is 20.1 Å². The summed E-state index contributed by atoms with van der Waals surface area (Å²) in [5, 5.41) is 7.33. The Morgan fingerprint density at radius 3 is 2.67 bits per heavy atom. The highest BCUT2D eigenvalue weighted by atomic mass is 35.5. The molecule has 0 saturated carbocycles. The summed E-state index contributed by atoms with van der Waals surface area (Å²) in [7, 11) is 1.63. The van der Waals surface area contributed by atoms with E-state index in [0.29, 0.717) is 26.2 Å². The third-order valence-corrected chi connectivity index (χ3v) is 4.91. The van der Waals surface area contributed by atoms with Crippen LogP contribution in [0, 0.1) is 0 Å². The topological polar surface area (TPSA) is 99.2 Å². The van der Waals surface area contributed by atoms with E-state index in [0.717, 1.165) is 30.0 Å². The van der Waals surface area contributed by atoms with Crippen molar-refractivity contribution in [2.45, 2.75) is 12.5 Å². The summed E-state index contributed by atoms with van der Waals surface area (Å²) in [6.07, 6.45) is 4.21. The zero-order chi connectivity index (χ0) is 17.4. The van der Waals surface area contributed by atoms with Crippen molar-refractivity contribution < 1.29 is 4.79 Å².